The number of aliphatic imine (C=N–C) groups is 1. The summed E-state index contributed by atoms with van der Waals surface area (Å²) in [4.78, 5) is 56.2. The fourth-order valence-corrected chi connectivity index (χ4v) is 3.13. The van der Waals surface area contributed by atoms with Crippen LogP contribution in [-0.4, -0.2) is 62.3 Å². The Morgan fingerprint density at radius 1 is 0.848 bits per heavy atom. The zero-order valence-electron chi connectivity index (χ0n) is 18.2. The van der Waals surface area contributed by atoms with Crippen molar-refractivity contribution in [3.63, 3.8) is 0 Å². The van der Waals surface area contributed by atoms with Gasteiger partial charge in [-0.25, -0.2) is 9.59 Å². The van der Waals surface area contributed by atoms with Gasteiger partial charge in [-0.05, 0) is 12.1 Å². The normalized spacial score (nSPS) is 17.5. The van der Waals surface area contributed by atoms with Crippen molar-refractivity contribution in [2.75, 3.05) is 38.6 Å². The number of ether oxygens (including phenoxy) is 2. The van der Waals surface area contributed by atoms with Crippen molar-refractivity contribution in [3.8, 4) is 0 Å². The maximum absolute atomic E-state index is 12.6. The van der Waals surface area contributed by atoms with Crippen molar-refractivity contribution < 1.29 is 28.7 Å². The fraction of sp³-hybridized carbons (Fsp3) is 0.174. The molecule has 0 radical (unpaired) electrons. The quantitative estimate of drug-likeness (QED) is 0.526. The number of rotatable bonds is 2. The molecule has 0 saturated carbocycles. The molecule has 2 amide bonds. The van der Waals surface area contributed by atoms with E-state index in [0.29, 0.717) is 5.56 Å². The third kappa shape index (κ3) is 5.24. The van der Waals surface area contributed by atoms with Crippen LogP contribution in [0.5, 0.6) is 0 Å². The maximum Gasteiger partial charge on any atom is 0.356 e. The highest BCUT2D eigenvalue weighted by Crippen LogP contribution is 2.26. The first-order valence-corrected chi connectivity index (χ1v) is 9.80. The molecule has 10 nitrogen and oxygen atoms in total. The minimum absolute atomic E-state index is 0.0261. The minimum Gasteiger partial charge on any atom is -0.465 e. The summed E-state index contributed by atoms with van der Waals surface area (Å²) in [5.74, 6) is -3.34. The van der Waals surface area contributed by atoms with Gasteiger partial charge in [0, 0.05) is 30.1 Å². The molecule has 0 saturated heterocycles. The standard InChI is InChI=1S/C23H22N4O6/c1-27-12-16(22(30)32-2)14-8-4-6-10-17(14)25-20(28)21(29)26-18-11-7-5-9-15(18)19(24-13-27)23(31)33-3/h4-12H,13H2,1-3H3,(H,25,28)(H,26,29)/b16-12-,24-19-. The van der Waals surface area contributed by atoms with Gasteiger partial charge in [0.25, 0.3) is 0 Å². The number of amides is 2. The number of nitrogens with one attached hydrogen (secondary N) is 2. The van der Waals surface area contributed by atoms with Crippen molar-refractivity contribution in [2.45, 2.75) is 0 Å². The summed E-state index contributed by atoms with van der Waals surface area (Å²) in [6.45, 7) is -0.0261. The Kier molecular flexibility index (Phi) is 7.19. The van der Waals surface area contributed by atoms with E-state index < -0.39 is 23.8 Å². The predicted octanol–water partition coefficient (Wildman–Crippen LogP) is 1.64. The number of nitrogens with zero attached hydrogens (tertiary/aromatic N) is 2. The Morgan fingerprint density at radius 3 is 1.94 bits per heavy atom. The van der Waals surface area contributed by atoms with Gasteiger partial charge in [-0.15, -0.1) is 0 Å². The molecule has 0 atom stereocenters. The molecule has 2 aromatic rings. The number of hydrogen-bond donors (Lipinski definition) is 2. The second-order valence-electron chi connectivity index (χ2n) is 6.93. The molecule has 2 aromatic carbocycles. The molecule has 0 fully saturated rings. The lowest BCUT2D eigenvalue weighted by atomic mass is 10.0. The van der Waals surface area contributed by atoms with Crippen LogP contribution in [0.3, 0.4) is 0 Å². The average molecular weight is 450 g/mol. The smallest absolute Gasteiger partial charge is 0.356 e. The van der Waals surface area contributed by atoms with Crippen LogP contribution in [0.1, 0.15) is 11.1 Å². The highest BCUT2D eigenvalue weighted by atomic mass is 16.5. The Bertz CT molecular complexity index is 1170. The third-order valence-corrected chi connectivity index (χ3v) is 4.69. The number of methoxy groups -OCH3 is 2. The lowest BCUT2D eigenvalue weighted by Crippen LogP contribution is -2.31. The van der Waals surface area contributed by atoms with Crippen LogP contribution in [-0.2, 0) is 28.7 Å². The topological polar surface area (TPSA) is 126 Å². The fourth-order valence-electron chi connectivity index (χ4n) is 3.13. The van der Waals surface area contributed by atoms with Crippen LogP contribution in [0.15, 0.2) is 59.7 Å². The molecule has 1 aliphatic heterocycles. The van der Waals surface area contributed by atoms with Gasteiger partial charge < -0.3 is 25.0 Å². The van der Waals surface area contributed by atoms with Gasteiger partial charge in [-0.3, -0.25) is 14.6 Å². The van der Waals surface area contributed by atoms with Crippen molar-refractivity contribution in [1.29, 1.82) is 0 Å². The van der Waals surface area contributed by atoms with Crippen molar-refractivity contribution in [1.82, 2.24) is 4.90 Å². The maximum atomic E-state index is 12.6. The van der Waals surface area contributed by atoms with E-state index >= 15 is 0 Å². The lowest BCUT2D eigenvalue weighted by molar-refractivity contribution is -0.134. The highest BCUT2D eigenvalue weighted by Gasteiger charge is 2.24. The van der Waals surface area contributed by atoms with Crippen LogP contribution in [0.25, 0.3) is 5.57 Å². The Morgan fingerprint density at radius 2 is 1.36 bits per heavy atom. The summed E-state index contributed by atoms with van der Waals surface area (Å²) in [5.41, 5.74) is 1.11. The number of esters is 2. The van der Waals surface area contributed by atoms with E-state index in [-0.39, 0.29) is 34.9 Å². The molecule has 3 rings (SSSR count). The van der Waals surface area contributed by atoms with Gasteiger partial charge in [0.2, 0.25) is 0 Å². The van der Waals surface area contributed by atoms with Crippen molar-refractivity contribution >= 4 is 46.4 Å². The molecule has 0 aromatic heterocycles. The molecular formula is C23H22N4O6. The van der Waals surface area contributed by atoms with E-state index in [1.807, 2.05) is 0 Å². The molecule has 33 heavy (non-hydrogen) atoms. The van der Waals surface area contributed by atoms with Crippen LogP contribution in [0, 0.1) is 0 Å². The largest absolute Gasteiger partial charge is 0.465 e. The first-order valence-electron chi connectivity index (χ1n) is 9.80. The predicted molar refractivity (Wildman–Crippen MR) is 121 cm³/mol. The summed E-state index contributed by atoms with van der Waals surface area (Å²) < 4.78 is 9.75. The summed E-state index contributed by atoms with van der Waals surface area (Å²) in [6.07, 6.45) is 1.48. The number of fused-ring (bicyclic) bond motifs is 2. The molecule has 0 unspecified atom stereocenters. The molecule has 0 spiro atoms. The van der Waals surface area contributed by atoms with Gasteiger partial charge in [-0.2, -0.15) is 0 Å². The number of carbonyl (C=O) groups excluding carboxylic acids is 4. The number of benzene rings is 2. The molecule has 0 bridgehead atoms. The van der Waals surface area contributed by atoms with E-state index in [1.165, 1.54) is 26.5 Å². The first-order chi connectivity index (χ1) is 15.8. The third-order valence-electron chi connectivity index (χ3n) is 4.69. The molecule has 10 heteroatoms. The highest BCUT2D eigenvalue weighted by molar-refractivity contribution is 6.47. The van der Waals surface area contributed by atoms with Gasteiger partial charge >= 0.3 is 23.8 Å². The lowest BCUT2D eigenvalue weighted by Gasteiger charge is -2.19. The molecular weight excluding hydrogens is 428 g/mol. The second kappa shape index (κ2) is 10.2. The minimum atomic E-state index is -0.973. The first kappa shape index (κ1) is 23.2. The van der Waals surface area contributed by atoms with Gasteiger partial charge in [0.15, 0.2) is 5.71 Å². The number of para-hydroxylation sites is 2. The summed E-state index contributed by atoms with van der Waals surface area (Å²) in [5, 5.41) is 5.02. The van der Waals surface area contributed by atoms with Gasteiger partial charge in [-0.1, -0.05) is 36.4 Å². The zero-order valence-corrected chi connectivity index (χ0v) is 18.2. The number of hydrogen-bond acceptors (Lipinski definition) is 8. The van der Waals surface area contributed by atoms with E-state index in [2.05, 4.69) is 15.6 Å². The van der Waals surface area contributed by atoms with E-state index in [0.717, 1.165) is 0 Å². The SMILES string of the molecule is COC(=O)/C1=C\N(C)C/N=C(\C(=O)OC)c2ccccc2NC(=O)C(=O)Nc2ccccc21. The Labute approximate surface area is 189 Å². The summed E-state index contributed by atoms with van der Waals surface area (Å²) in [7, 11) is 4.09. The number of anilines is 2. The van der Waals surface area contributed by atoms with Gasteiger partial charge in [0.05, 0.1) is 25.5 Å². The van der Waals surface area contributed by atoms with Crippen molar-refractivity contribution in [3.05, 3.63) is 65.9 Å². The molecule has 1 heterocycles. The second-order valence-corrected chi connectivity index (χ2v) is 6.93. The Balaban J connectivity index is 2.20. The van der Waals surface area contributed by atoms with Crippen LogP contribution < -0.4 is 10.6 Å². The molecule has 2 N–H and O–H groups in total. The Hall–Kier alpha value is -4.47. The summed E-state index contributed by atoms with van der Waals surface area (Å²) in [6, 6.07) is 12.9. The monoisotopic (exact) mass is 450 g/mol. The zero-order chi connectivity index (χ0) is 24.0. The molecule has 1 aliphatic rings. The van der Waals surface area contributed by atoms with Crippen LogP contribution in [0.4, 0.5) is 11.4 Å². The molecule has 170 valence electrons. The van der Waals surface area contributed by atoms with Crippen LogP contribution in [0.2, 0.25) is 0 Å². The van der Waals surface area contributed by atoms with Crippen molar-refractivity contribution in [2.24, 2.45) is 4.99 Å². The average Bonchev–Trinajstić information content (AvgIpc) is 2.82. The summed E-state index contributed by atoms with van der Waals surface area (Å²) >= 11 is 0. The molecule has 0 aliphatic carbocycles. The van der Waals surface area contributed by atoms with E-state index in [9.17, 15) is 19.2 Å². The van der Waals surface area contributed by atoms with Crippen LogP contribution >= 0.6 is 0 Å². The van der Waals surface area contributed by atoms with Gasteiger partial charge in [0.1, 0.15) is 6.67 Å². The van der Waals surface area contributed by atoms with E-state index in [1.54, 1.807) is 54.4 Å². The van der Waals surface area contributed by atoms with E-state index in [4.69, 9.17) is 9.47 Å². The number of carbonyl (C=O) groups is 4.